The van der Waals surface area contributed by atoms with Gasteiger partial charge in [-0.05, 0) is 32.2 Å². The number of nitrogens with one attached hydrogen (secondary N) is 1. The van der Waals surface area contributed by atoms with Crippen molar-refractivity contribution in [3.63, 3.8) is 0 Å². The minimum absolute atomic E-state index is 0.144. The lowest BCUT2D eigenvalue weighted by atomic mass is 10.4. The smallest absolute Gasteiger partial charge is 0.244 e. The molecule has 1 unspecified atom stereocenters. The zero-order valence-corrected chi connectivity index (χ0v) is 19.5. The Labute approximate surface area is 190 Å². The first kappa shape index (κ1) is 23.2. The summed E-state index contributed by atoms with van der Waals surface area (Å²) in [5.41, 5.74) is 0. The van der Waals surface area contributed by atoms with Gasteiger partial charge in [-0.25, -0.2) is 18.4 Å². The number of carbonyl (C=O) groups excluding carboxylic acids is 1. The molecule has 0 spiro atoms. The SMILES string of the molecule is CC(Sc1ccc(S(=O)(=O)N2CCN(C)CC2)cn1)C(=O)Nc1ncc(Cl)cc1Cl. The Morgan fingerprint density at radius 2 is 1.87 bits per heavy atom. The lowest BCUT2D eigenvalue weighted by molar-refractivity contribution is -0.115. The second-order valence-corrected chi connectivity index (χ2v) is 10.9. The van der Waals surface area contributed by atoms with Crippen LogP contribution in [-0.4, -0.2) is 72.0 Å². The first-order chi connectivity index (χ1) is 14.2. The third-order valence-corrected chi connectivity index (χ3v) is 7.95. The summed E-state index contributed by atoms with van der Waals surface area (Å²) in [7, 11) is -1.61. The Bertz CT molecular complexity index is 1010. The number of aromatic nitrogens is 2. The third kappa shape index (κ3) is 5.63. The van der Waals surface area contributed by atoms with Crippen molar-refractivity contribution in [3.05, 3.63) is 40.6 Å². The molecule has 1 aliphatic heterocycles. The number of anilines is 1. The Kier molecular flexibility index (Phi) is 7.59. The van der Waals surface area contributed by atoms with Gasteiger partial charge in [-0.15, -0.1) is 0 Å². The first-order valence-electron chi connectivity index (χ1n) is 9.10. The van der Waals surface area contributed by atoms with Crippen LogP contribution in [0.5, 0.6) is 0 Å². The molecule has 2 aromatic heterocycles. The van der Waals surface area contributed by atoms with E-state index < -0.39 is 15.3 Å². The summed E-state index contributed by atoms with van der Waals surface area (Å²) < 4.78 is 27.0. The molecule has 1 amide bonds. The monoisotopic (exact) mass is 489 g/mol. The lowest BCUT2D eigenvalue weighted by Gasteiger charge is -2.31. The molecule has 0 radical (unpaired) electrons. The van der Waals surface area contributed by atoms with Crippen molar-refractivity contribution in [2.45, 2.75) is 22.1 Å². The number of thioether (sulfide) groups is 1. The average molecular weight is 490 g/mol. The molecule has 1 fully saturated rings. The van der Waals surface area contributed by atoms with E-state index in [1.165, 1.54) is 40.6 Å². The second kappa shape index (κ2) is 9.80. The van der Waals surface area contributed by atoms with Gasteiger partial charge in [-0.1, -0.05) is 35.0 Å². The van der Waals surface area contributed by atoms with Crippen LogP contribution in [0.4, 0.5) is 5.82 Å². The number of hydrogen-bond acceptors (Lipinski definition) is 7. The summed E-state index contributed by atoms with van der Waals surface area (Å²) >= 11 is 13.0. The number of halogens is 2. The van der Waals surface area contributed by atoms with Gasteiger partial charge in [0.2, 0.25) is 15.9 Å². The van der Waals surface area contributed by atoms with E-state index in [0.29, 0.717) is 36.2 Å². The van der Waals surface area contributed by atoms with Crippen molar-refractivity contribution >= 4 is 56.7 Å². The molecule has 30 heavy (non-hydrogen) atoms. The summed E-state index contributed by atoms with van der Waals surface area (Å²) in [6.07, 6.45) is 2.72. The first-order valence-corrected chi connectivity index (χ1v) is 12.2. The normalized spacial score (nSPS) is 16.9. The lowest BCUT2D eigenvalue weighted by Crippen LogP contribution is -2.47. The number of amides is 1. The fourth-order valence-corrected chi connectivity index (χ4v) is 5.31. The van der Waals surface area contributed by atoms with Crippen LogP contribution in [0.15, 0.2) is 40.5 Å². The van der Waals surface area contributed by atoms with Gasteiger partial charge >= 0.3 is 0 Å². The fourth-order valence-electron chi connectivity index (χ4n) is 2.73. The molecule has 0 saturated carbocycles. The van der Waals surface area contributed by atoms with Crippen LogP contribution < -0.4 is 5.32 Å². The van der Waals surface area contributed by atoms with Gasteiger partial charge in [0.15, 0.2) is 5.82 Å². The zero-order valence-electron chi connectivity index (χ0n) is 16.4. The van der Waals surface area contributed by atoms with Gasteiger partial charge in [0, 0.05) is 38.6 Å². The highest BCUT2D eigenvalue weighted by atomic mass is 35.5. The summed E-state index contributed by atoms with van der Waals surface area (Å²) in [6, 6.07) is 4.61. The molecule has 0 aliphatic carbocycles. The standard InChI is InChI=1S/C18H21Cl2N5O3S2/c1-12(18(26)23-17-15(20)9-13(19)10-22-17)29-16-4-3-14(11-21-16)30(27,28)25-7-5-24(2)6-8-25/h3-4,9-12H,5-8H2,1-2H3,(H,22,23,26). The molecule has 0 bridgehead atoms. The van der Waals surface area contributed by atoms with Crippen LogP contribution >= 0.6 is 35.0 Å². The molecule has 1 aliphatic rings. The third-order valence-electron chi connectivity index (χ3n) is 4.53. The predicted molar refractivity (Wildman–Crippen MR) is 119 cm³/mol. The van der Waals surface area contributed by atoms with Crippen molar-refractivity contribution in [3.8, 4) is 0 Å². The molecule has 1 N–H and O–H groups in total. The highest BCUT2D eigenvalue weighted by Gasteiger charge is 2.28. The molecule has 2 aromatic rings. The van der Waals surface area contributed by atoms with Crippen LogP contribution in [-0.2, 0) is 14.8 Å². The minimum Gasteiger partial charge on any atom is -0.308 e. The van der Waals surface area contributed by atoms with Crippen molar-refractivity contribution in [2.24, 2.45) is 0 Å². The number of pyridine rings is 2. The van der Waals surface area contributed by atoms with Crippen LogP contribution in [0, 0.1) is 0 Å². The summed E-state index contributed by atoms with van der Waals surface area (Å²) in [4.78, 5) is 22.9. The maximum atomic E-state index is 12.8. The van der Waals surface area contributed by atoms with Gasteiger partial charge in [-0.3, -0.25) is 4.79 Å². The molecular weight excluding hydrogens is 469 g/mol. The molecule has 162 valence electrons. The van der Waals surface area contributed by atoms with Gasteiger partial charge in [0.1, 0.15) is 4.90 Å². The van der Waals surface area contributed by atoms with Crippen molar-refractivity contribution in [1.29, 1.82) is 0 Å². The fraction of sp³-hybridized carbons (Fsp3) is 0.389. The largest absolute Gasteiger partial charge is 0.308 e. The Morgan fingerprint density at radius 1 is 1.17 bits per heavy atom. The number of likely N-dealkylation sites (N-methyl/N-ethyl adjacent to an activating group) is 1. The maximum Gasteiger partial charge on any atom is 0.244 e. The van der Waals surface area contributed by atoms with E-state index in [-0.39, 0.29) is 21.6 Å². The minimum atomic E-state index is -3.57. The number of piperazine rings is 1. The van der Waals surface area contributed by atoms with Crippen molar-refractivity contribution < 1.29 is 13.2 Å². The van der Waals surface area contributed by atoms with E-state index in [4.69, 9.17) is 23.2 Å². The summed E-state index contributed by atoms with van der Waals surface area (Å²) in [6.45, 7) is 4.00. The topological polar surface area (TPSA) is 95.5 Å². The molecule has 3 heterocycles. The Balaban J connectivity index is 1.62. The molecule has 1 saturated heterocycles. The van der Waals surface area contributed by atoms with E-state index >= 15 is 0 Å². The zero-order chi connectivity index (χ0) is 21.9. The van der Waals surface area contributed by atoms with Crippen LogP contribution in [0.2, 0.25) is 10.0 Å². The number of hydrogen-bond donors (Lipinski definition) is 1. The quantitative estimate of drug-likeness (QED) is 0.623. The van der Waals surface area contributed by atoms with Crippen LogP contribution in [0.3, 0.4) is 0 Å². The number of rotatable bonds is 6. The van der Waals surface area contributed by atoms with Crippen molar-refractivity contribution in [1.82, 2.24) is 19.2 Å². The van der Waals surface area contributed by atoms with E-state index in [1.54, 1.807) is 13.0 Å². The Hall–Kier alpha value is -1.43. The summed E-state index contributed by atoms with van der Waals surface area (Å²) in [5.74, 6) is -0.0900. The number of carbonyl (C=O) groups is 1. The van der Waals surface area contributed by atoms with Crippen molar-refractivity contribution in [2.75, 3.05) is 38.5 Å². The highest BCUT2D eigenvalue weighted by molar-refractivity contribution is 8.00. The molecular formula is C18H21Cl2N5O3S2. The summed E-state index contributed by atoms with van der Waals surface area (Å²) in [5, 5.41) is 3.28. The molecule has 0 aromatic carbocycles. The second-order valence-electron chi connectivity index (χ2n) is 6.77. The van der Waals surface area contributed by atoms with E-state index in [9.17, 15) is 13.2 Å². The molecule has 8 nitrogen and oxygen atoms in total. The van der Waals surface area contributed by atoms with Crippen LogP contribution in [0.1, 0.15) is 6.92 Å². The predicted octanol–water partition coefficient (Wildman–Crippen LogP) is 2.84. The molecule has 1 atom stereocenters. The maximum absolute atomic E-state index is 12.8. The van der Waals surface area contributed by atoms with Gasteiger partial charge in [0.05, 0.1) is 20.3 Å². The highest BCUT2D eigenvalue weighted by Crippen LogP contribution is 2.26. The molecule has 12 heteroatoms. The van der Waals surface area contributed by atoms with E-state index in [2.05, 4.69) is 20.2 Å². The Morgan fingerprint density at radius 3 is 2.47 bits per heavy atom. The van der Waals surface area contributed by atoms with Gasteiger partial charge in [-0.2, -0.15) is 4.31 Å². The van der Waals surface area contributed by atoms with E-state index in [0.717, 1.165) is 0 Å². The van der Waals surface area contributed by atoms with E-state index in [1.807, 2.05) is 7.05 Å². The molecule has 3 rings (SSSR count). The average Bonchev–Trinajstić information content (AvgIpc) is 2.70. The van der Waals surface area contributed by atoms with Gasteiger partial charge in [0.25, 0.3) is 0 Å². The van der Waals surface area contributed by atoms with Crippen LogP contribution in [0.25, 0.3) is 0 Å². The van der Waals surface area contributed by atoms with Gasteiger partial charge < -0.3 is 10.2 Å². The number of nitrogens with zero attached hydrogens (tertiary/aromatic N) is 4. The number of sulfonamides is 1.